The molecule has 0 bridgehead atoms. The molecule has 1 atom stereocenters. The van der Waals surface area contributed by atoms with E-state index in [1.54, 1.807) is 11.9 Å². The maximum absolute atomic E-state index is 13.3. The van der Waals surface area contributed by atoms with Gasteiger partial charge in [-0.1, -0.05) is 54.1 Å². The highest BCUT2D eigenvalue weighted by atomic mass is 16.3. The topological polar surface area (TPSA) is 78.7 Å². The van der Waals surface area contributed by atoms with Crippen molar-refractivity contribution in [3.05, 3.63) is 77.8 Å². The van der Waals surface area contributed by atoms with Gasteiger partial charge in [0.05, 0.1) is 5.92 Å². The number of hydrogen-bond acceptors (Lipinski definition) is 5. The molecule has 2 aliphatic rings. The molecule has 7 nitrogen and oxygen atoms in total. The highest BCUT2D eigenvalue weighted by Gasteiger charge is 2.58. The van der Waals surface area contributed by atoms with Crippen LogP contribution in [0.4, 0.5) is 0 Å². The monoisotopic (exact) mass is 444 g/mol. The number of oxazole rings is 1. The van der Waals surface area contributed by atoms with Crippen molar-refractivity contribution in [3.8, 4) is 11.3 Å². The average molecular weight is 445 g/mol. The summed E-state index contributed by atoms with van der Waals surface area (Å²) in [4.78, 5) is 34.4. The normalized spacial score (nSPS) is 19.5. The van der Waals surface area contributed by atoms with Crippen LogP contribution in [0.1, 0.15) is 21.6 Å². The molecule has 0 aliphatic carbocycles. The van der Waals surface area contributed by atoms with Crippen LogP contribution in [-0.4, -0.2) is 59.8 Å². The lowest BCUT2D eigenvalue weighted by Gasteiger charge is -2.50. The summed E-state index contributed by atoms with van der Waals surface area (Å²) in [6.45, 7) is 5.35. The highest BCUT2D eigenvalue weighted by molar-refractivity contribution is 5.98. The smallest absolute Gasteiger partial charge is 0.276 e. The van der Waals surface area contributed by atoms with Crippen molar-refractivity contribution < 1.29 is 14.0 Å². The van der Waals surface area contributed by atoms with Crippen LogP contribution >= 0.6 is 0 Å². The Kier molecular flexibility index (Phi) is 5.50. The molecule has 2 amide bonds. The van der Waals surface area contributed by atoms with Crippen LogP contribution in [0.3, 0.4) is 0 Å². The van der Waals surface area contributed by atoms with Gasteiger partial charge >= 0.3 is 0 Å². The summed E-state index contributed by atoms with van der Waals surface area (Å²) in [5.74, 6) is 0.232. The van der Waals surface area contributed by atoms with E-state index in [2.05, 4.69) is 27.3 Å². The molecule has 3 heterocycles. The quantitative estimate of drug-likeness (QED) is 0.655. The van der Waals surface area contributed by atoms with Gasteiger partial charge in [0, 0.05) is 50.7 Å². The Bertz CT molecular complexity index is 1170. The van der Waals surface area contributed by atoms with E-state index in [0.29, 0.717) is 31.1 Å². The molecule has 2 aliphatic heterocycles. The number of amides is 2. The number of hydrogen-bond donors (Lipinski definition) is 1. The molecule has 1 aromatic heterocycles. The van der Waals surface area contributed by atoms with Gasteiger partial charge in [-0.2, -0.15) is 0 Å². The fourth-order valence-corrected chi connectivity index (χ4v) is 5.29. The third kappa shape index (κ3) is 3.93. The number of carbonyl (C=O) groups is 2. The number of benzene rings is 2. The second-order valence-corrected chi connectivity index (χ2v) is 9.25. The average Bonchev–Trinajstić information content (AvgIpc) is 3.43. The Morgan fingerprint density at radius 3 is 2.64 bits per heavy atom. The minimum absolute atomic E-state index is 0.0412. The first-order valence-electron chi connectivity index (χ1n) is 11.3. The van der Waals surface area contributed by atoms with Crippen molar-refractivity contribution in [2.45, 2.75) is 13.5 Å². The van der Waals surface area contributed by atoms with Gasteiger partial charge in [0.15, 0.2) is 17.8 Å². The number of aromatic nitrogens is 1. The Balaban J connectivity index is 1.33. The van der Waals surface area contributed by atoms with Crippen LogP contribution in [-0.2, 0) is 11.3 Å². The molecule has 5 rings (SSSR count). The Labute approximate surface area is 193 Å². The van der Waals surface area contributed by atoms with E-state index in [-0.39, 0.29) is 23.1 Å². The first kappa shape index (κ1) is 21.4. The van der Waals surface area contributed by atoms with E-state index >= 15 is 0 Å². The zero-order chi connectivity index (χ0) is 23.0. The predicted octanol–water partition coefficient (Wildman–Crippen LogP) is 2.97. The number of aryl methyl sites for hydroxylation is 1. The van der Waals surface area contributed by atoms with Gasteiger partial charge in [-0.3, -0.25) is 14.5 Å². The number of carbonyl (C=O) groups excluding carboxylic acids is 2. The van der Waals surface area contributed by atoms with E-state index in [1.165, 1.54) is 12.0 Å². The lowest BCUT2D eigenvalue weighted by atomic mass is 9.71. The molecule has 1 unspecified atom stereocenters. The second kappa shape index (κ2) is 8.48. The van der Waals surface area contributed by atoms with Gasteiger partial charge in [-0.15, -0.1) is 0 Å². The molecule has 3 aromatic rings. The molecule has 33 heavy (non-hydrogen) atoms. The zero-order valence-electron chi connectivity index (χ0n) is 19.0. The van der Waals surface area contributed by atoms with Crippen LogP contribution in [0, 0.1) is 18.3 Å². The van der Waals surface area contributed by atoms with Crippen LogP contribution in [0.15, 0.2) is 65.4 Å². The van der Waals surface area contributed by atoms with Gasteiger partial charge in [-0.25, -0.2) is 4.98 Å². The first-order chi connectivity index (χ1) is 16.0. The molecule has 0 saturated carbocycles. The Hall–Kier alpha value is -3.45. The van der Waals surface area contributed by atoms with Crippen LogP contribution in [0.25, 0.3) is 11.3 Å². The third-order valence-corrected chi connectivity index (χ3v) is 6.88. The highest BCUT2D eigenvalue weighted by Crippen LogP contribution is 2.45. The number of nitrogens with one attached hydrogen (secondary N) is 1. The number of rotatable bonds is 5. The van der Waals surface area contributed by atoms with E-state index in [9.17, 15) is 9.59 Å². The molecule has 1 spiro atoms. The molecular weight excluding hydrogens is 416 g/mol. The van der Waals surface area contributed by atoms with Crippen molar-refractivity contribution in [2.75, 3.05) is 33.2 Å². The number of likely N-dealkylation sites (tertiary alicyclic amines) is 2. The molecule has 2 aromatic carbocycles. The first-order valence-corrected chi connectivity index (χ1v) is 11.3. The summed E-state index contributed by atoms with van der Waals surface area (Å²) in [6, 6.07) is 18.1. The molecular formula is C26H28N4O3. The van der Waals surface area contributed by atoms with E-state index in [4.69, 9.17) is 4.42 Å². The number of nitrogens with zero attached hydrogens (tertiary/aromatic N) is 3. The summed E-state index contributed by atoms with van der Waals surface area (Å²) < 4.78 is 5.59. The Morgan fingerprint density at radius 2 is 1.91 bits per heavy atom. The van der Waals surface area contributed by atoms with E-state index in [1.807, 2.05) is 49.4 Å². The van der Waals surface area contributed by atoms with Gasteiger partial charge in [0.1, 0.15) is 0 Å². The van der Waals surface area contributed by atoms with Crippen LogP contribution < -0.4 is 5.32 Å². The summed E-state index contributed by atoms with van der Waals surface area (Å²) in [5, 5.41) is 2.83. The molecule has 2 fully saturated rings. The lowest BCUT2D eigenvalue weighted by Crippen LogP contribution is -2.64. The summed E-state index contributed by atoms with van der Waals surface area (Å²) in [5.41, 5.74) is 3.24. The maximum atomic E-state index is 13.3. The zero-order valence-corrected chi connectivity index (χ0v) is 19.0. The lowest BCUT2D eigenvalue weighted by molar-refractivity contribution is -0.130. The summed E-state index contributed by atoms with van der Waals surface area (Å²) in [6.07, 6.45) is 1.32. The standard InChI is InChI=1S/C26H28N4O3/c1-18-7-6-10-20(11-18)23-22(28-17-33-23)25(32)30-15-26(16-30)14-29(13-21(26)24(31)27-2)12-19-8-4-3-5-9-19/h3-11,17,21H,12-16H2,1-2H3,(H,27,31). The van der Waals surface area contributed by atoms with Gasteiger partial charge < -0.3 is 14.6 Å². The van der Waals surface area contributed by atoms with Crippen LogP contribution in [0.2, 0.25) is 0 Å². The van der Waals surface area contributed by atoms with Crippen molar-refractivity contribution >= 4 is 11.8 Å². The Morgan fingerprint density at radius 1 is 1.12 bits per heavy atom. The molecule has 1 N–H and O–H groups in total. The summed E-state index contributed by atoms with van der Waals surface area (Å²) in [7, 11) is 1.68. The van der Waals surface area contributed by atoms with Gasteiger partial charge in [-0.05, 0) is 18.6 Å². The minimum Gasteiger partial charge on any atom is -0.443 e. The van der Waals surface area contributed by atoms with Crippen molar-refractivity contribution in [2.24, 2.45) is 11.3 Å². The maximum Gasteiger partial charge on any atom is 0.276 e. The van der Waals surface area contributed by atoms with Crippen molar-refractivity contribution in [1.29, 1.82) is 0 Å². The fourth-order valence-electron chi connectivity index (χ4n) is 5.29. The van der Waals surface area contributed by atoms with Crippen molar-refractivity contribution in [3.63, 3.8) is 0 Å². The van der Waals surface area contributed by atoms with Crippen molar-refractivity contribution in [1.82, 2.24) is 20.1 Å². The second-order valence-electron chi connectivity index (χ2n) is 9.25. The SMILES string of the molecule is CNC(=O)C1CN(Cc2ccccc2)CC12CN(C(=O)c1ncoc1-c1cccc(C)c1)C2. The summed E-state index contributed by atoms with van der Waals surface area (Å²) >= 11 is 0. The van der Waals surface area contributed by atoms with Gasteiger partial charge in [0.25, 0.3) is 5.91 Å². The van der Waals surface area contributed by atoms with Crippen LogP contribution in [0.5, 0.6) is 0 Å². The fraction of sp³-hybridized carbons (Fsp3) is 0.346. The van der Waals surface area contributed by atoms with E-state index < -0.39 is 0 Å². The molecule has 0 radical (unpaired) electrons. The minimum atomic E-state index is -0.238. The molecule has 7 heteroatoms. The van der Waals surface area contributed by atoms with Gasteiger partial charge in [0.2, 0.25) is 5.91 Å². The predicted molar refractivity (Wildman–Crippen MR) is 124 cm³/mol. The molecule has 170 valence electrons. The largest absolute Gasteiger partial charge is 0.443 e. The third-order valence-electron chi connectivity index (χ3n) is 6.88. The van der Waals surface area contributed by atoms with E-state index in [0.717, 1.165) is 24.2 Å². The molecule has 2 saturated heterocycles.